The third kappa shape index (κ3) is 2.84. The molecule has 1 heterocycles. The summed E-state index contributed by atoms with van der Waals surface area (Å²) in [6.45, 7) is 2.04. The number of likely N-dealkylation sites (N-methyl/N-ethyl adjacent to an activating group) is 1. The summed E-state index contributed by atoms with van der Waals surface area (Å²) in [5, 5.41) is 9.90. The second kappa shape index (κ2) is 6.07. The summed E-state index contributed by atoms with van der Waals surface area (Å²) < 4.78 is 6.91. The number of hydrogen-bond donors (Lipinski definition) is 1. The van der Waals surface area contributed by atoms with Crippen LogP contribution in [0.4, 0.5) is 0 Å². The Bertz CT molecular complexity index is 617. The van der Waals surface area contributed by atoms with Crippen LogP contribution in [0, 0.1) is 0 Å². The predicted octanol–water partition coefficient (Wildman–Crippen LogP) is 1.73. The minimum Gasteiger partial charge on any atom is -0.467 e. The fourth-order valence-electron chi connectivity index (χ4n) is 2.32. The van der Waals surface area contributed by atoms with E-state index >= 15 is 0 Å². The van der Waals surface area contributed by atoms with Crippen LogP contribution in [0.15, 0.2) is 24.4 Å². The van der Waals surface area contributed by atoms with Crippen molar-refractivity contribution in [1.82, 2.24) is 9.47 Å². The minimum absolute atomic E-state index is 0.0350. The fourth-order valence-corrected chi connectivity index (χ4v) is 2.32. The zero-order valence-corrected chi connectivity index (χ0v) is 12.1. The fraction of sp³-hybridized carbons (Fsp3) is 0.400. The van der Waals surface area contributed by atoms with Gasteiger partial charge in [-0.25, -0.2) is 0 Å². The lowest BCUT2D eigenvalue weighted by Gasteiger charge is -2.10. The van der Waals surface area contributed by atoms with Gasteiger partial charge in [0.05, 0.1) is 5.52 Å². The summed E-state index contributed by atoms with van der Waals surface area (Å²) in [6.07, 6.45) is 2.68. The van der Waals surface area contributed by atoms with E-state index in [1.165, 1.54) is 6.92 Å². The molecule has 0 spiro atoms. The van der Waals surface area contributed by atoms with Gasteiger partial charge < -0.3 is 14.7 Å². The number of aliphatic hydroxyl groups excluding tert-OH is 1. The van der Waals surface area contributed by atoms with Gasteiger partial charge in [-0.05, 0) is 38.2 Å². The molecule has 0 saturated heterocycles. The van der Waals surface area contributed by atoms with E-state index in [9.17, 15) is 4.79 Å². The van der Waals surface area contributed by atoms with Crippen LogP contribution < -0.4 is 4.74 Å². The van der Waals surface area contributed by atoms with Crippen molar-refractivity contribution in [3.05, 3.63) is 30.0 Å². The van der Waals surface area contributed by atoms with E-state index < -0.39 is 0 Å². The lowest BCUT2D eigenvalue weighted by Crippen LogP contribution is -2.15. The molecule has 0 unspecified atom stereocenters. The average Bonchev–Trinajstić information content (AvgIpc) is 2.77. The number of carbonyl (C=O) groups excluding carboxylic acids is 1. The normalized spacial score (nSPS) is 11.2. The largest absolute Gasteiger partial charge is 0.467 e. The zero-order chi connectivity index (χ0) is 14.7. The van der Waals surface area contributed by atoms with Crippen LogP contribution in [0.2, 0.25) is 0 Å². The molecular formula is C15H20N2O3. The highest BCUT2D eigenvalue weighted by Crippen LogP contribution is 2.31. The van der Waals surface area contributed by atoms with Gasteiger partial charge >= 0.3 is 0 Å². The van der Waals surface area contributed by atoms with Crippen LogP contribution >= 0.6 is 0 Å². The Kier molecular flexibility index (Phi) is 4.42. The van der Waals surface area contributed by atoms with E-state index in [2.05, 4.69) is 4.90 Å². The average molecular weight is 276 g/mol. The van der Waals surface area contributed by atoms with Crippen LogP contribution in [0.1, 0.15) is 17.3 Å². The molecule has 20 heavy (non-hydrogen) atoms. The Hall–Kier alpha value is -1.85. The predicted molar refractivity (Wildman–Crippen MR) is 78.2 cm³/mol. The number of fused-ring (bicyclic) bond motifs is 1. The van der Waals surface area contributed by atoms with Gasteiger partial charge in [-0.1, -0.05) is 6.07 Å². The highest BCUT2D eigenvalue weighted by Gasteiger charge is 2.15. The van der Waals surface area contributed by atoms with E-state index in [0.717, 1.165) is 29.4 Å². The van der Waals surface area contributed by atoms with Crippen molar-refractivity contribution in [3.63, 3.8) is 0 Å². The van der Waals surface area contributed by atoms with Gasteiger partial charge in [0, 0.05) is 25.1 Å². The van der Waals surface area contributed by atoms with Crippen molar-refractivity contribution in [2.75, 3.05) is 27.4 Å². The molecule has 0 atom stereocenters. The zero-order valence-electron chi connectivity index (χ0n) is 12.1. The lowest BCUT2D eigenvalue weighted by molar-refractivity contribution is 0.0941. The third-order valence-corrected chi connectivity index (χ3v) is 3.26. The molecule has 0 aliphatic heterocycles. The summed E-state index contributed by atoms with van der Waals surface area (Å²) in [7, 11) is 4.02. The summed E-state index contributed by atoms with van der Waals surface area (Å²) in [6, 6.07) is 5.52. The molecule has 2 aromatic rings. The number of aromatic nitrogens is 1. The molecule has 1 aromatic heterocycles. The van der Waals surface area contributed by atoms with Gasteiger partial charge in [-0.15, -0.1) is 0 Å². The van der Waals surface area contributed by atoms with Crippen molar-refractivity contribution in [2.45, 2.75) is 13.3 Å². The molecule has 0 aliphatic rings. The third-order valence-electron chi connectivity index (χ3n) is 3.26. The maximum atomic E-state index is 11.7. The van der Waals surface area contributed by atoms with Gasteiger partial charge in [0.15, 0.2) is 6.79 Å². The Labute approximate surface area is 118 Å². The first-order chi connectivity index (χ1) is 9.54. The van der Waals surface area contributed by atoms with Crippen LogP contribution in [0.5, 0.6) is 5.75 Å². The number of carbonyl (C=O) groups is 1. The van der Waals surface area contributed by atoms with Crippen molar-refractivity contribution in [2.24, 2.45) is 0 Å². The van der Waals surface area contributed by atoms with Crippen LogP contribution in [0.25, 0.3) is 10.9 Å². The van der Waals surface area contributed by atoms with Crippen molar-refractivity contribution in [1.29, 1.82) is 0 Å². The first kappa shape index (κ1) is 14.6. The second-order valence-electron chi connectivity index (χ2n) is 5.02. The number of ether oxygens (including phenoxy) is 1. The molecule has 2 rings (SSSR count). The van der Waals surface area contributed by atoms with Gasteiger partial charge in [-0.2, -0.15) is 0 Å². The van der Waals surface area contributed by atoms with Crippen molar-refractivity contribution >= 4 is 16.8 Å². The Morgan fingerprint density at radius 3 is 2.75 bits per heavy atom. The second-order valence-corrected chi connectivity index (χ2v) is 5.02. The molecule has 0 fully saturated rings. The molecule has 5 nitrogen and oxygen atoms in total. The molecule has 0 bridgehead atoms. The van der Waals surface area contributed by atoms with Gasteiger partial charge in [0.2, 0.25) is 5.91 Å². The molecule has 5 heteroatoms. The van der Waals surface area contributed by atoms with Gasteiger partial charge in [-0.3, -0.25) is 9.36 Å². The highest BCUT2D eigenvalue weighted by molar-refractivity contribution is 5.97. The van der Waals surface area contributed by atoms with E-state index in [-0.39, 0.29) is 12.7 Å². The summed E-state index contributed by atoms with van der Waals surface area (Å²) >= 11 is 0. The van der Waals surface area contributed by atoms with Crippen molar-refractivity contribution < 1.29 is 14.6 Å². The monoisotopic (exact) mass is 276 g/mol. The Balaban J connectivity index is 2.56. The van der Waals surface area contributed by atoms with Crippen LogP contribution in [0.3, 0.4) is 0 Å². The maximum Gasteiger partial charge on any atom is 0.227 e. The van der Waals surface area contributed by atoms with E-state index in [0.29, 0.717) is 5.75 Å². The lowest BCUT2D eigenvalue weighted by atomic mass is 10.1. The maximum absolute atomic E-state index is 11.7. The SMILES string of the molecule is CC(=O)n1cc(CCN(C)C)c2c(OCO)cccc21. The summed E-state index contributed by atoms with van der Waals surface area (Å²) in [5.74, 6) is 0.575. The minimum atomic E-state index is -0.377. The number of rotatable bonds is 5. The summed E-state index contributed by atoms with van der Waals surface area (Å²) in [4.78, 5) is 13.8. The van der Waals surface area contributed by atoms with E-state index in [1.807, 2.05) is 38.5 Å². The Morgan fingerprint density at radius 2 is 2.15 bits per heavy atom. The number of aliphatic hydroxyl groups is 1. The molecule has 1 aromatic carbocycles. The quantitative estimate of drug-likeness (QED) is 0.845. The smallest absolute Gasteiger partial charge is 0.227 e. The molecule has 0 radical (unpaired) electrons. The topological polar surface area (TPSA) is 54.7 Å². The first-order valence-electron chi connectivity index (χ1n) is 6.57. The molecule has 0 saturated carbocycles. The standard InChI is InChI=1S/C15H20N2O3/c1-11(19)17-9-12(7-8-16(2)3)15-13(17)5-4-6-14(15)20-10-18/h4-6,9,18H,7-8,10H2,1-3H3. The van der Waals surface area contributed by atoms with Crippen LogP contribution in [-0.2, 0) is 6.42 Å². The van der Waals surface area contributed by atoms with Gasteiger partial charge in [0.25, 0.3) is 0 Å². The number of benzene rings is 1. The summed E-state index contributed by atoms with van der Waals surface area (Å²) in [5.41, 5.74) is 1.87. The van der Waals surface area contributed by atoms with E-state index in [1.54, 1.807) is 4.57 Å². The molecule has 0 aliphatic carbocycles. The van der Waals surface area contributed by atoms with Crippen LogP contribution in [-0.4, -0.2) is 47.9 Å². The van der Waals surface area contributed by atoms with Crippen molar-refractivity contribution in [3.8, 4) is 5.75 Å². The molecule has 0 amide bonds. The highest BCUT2D eigenvalue weighted by atomic mass is 16.6. The number of hydrogen-bond acceptors (Lipinski definition) is 4. The first-order valence-corrected chi connectivity index (χ1v) is 6.57. The van der Waals surface area contributed by atoms with Gasteiger partial charge in [0.1, 0.15) is 5.75 Å². The molecule has 1 N–H and O–H groups in total. The molecule has 108 valence electrons. The van der Waals surface area contributed by atoms with E-state index in [4.69, 9.17) is 9.84 Å². The molecular weight excluding hydrogens is 256 g/mol. The number of nitrogens with zero attached hydrogens (tertiary/aromatic N) is 2. The Morgan fingerprint density at radius 1 is 1.40 bits per heavy atom.